The van der Waals surface area contributed by atoms with Crippen molar-refractivity contribution in [3.8, 4) is 0 Å². The highest BCUT2D eigenvalue weighted by molar-refractivity contribution is 7.99. The zero-order chi connectivity index (χ0) is 9.68. The van der Waals surface area contributed by atoms with Crippen molar-refractivity contribution in [2.45, 2.75) is 12.8 Å². The van der Waals surface area contributed by atoms with E-state index in [9.17, 15) is 0 Å². The number of rotatable bonds is 4. The predicted molar refractivity (Wildman–Crippen MR) is 61.1 cm³/mol. The Bertz CT molecular complexity index is 133. The Morgan fingerprint density at radius 2 is 2.00 bits per heavy atom. The van der Waals surface area contributed by atoms with Gasteiger partial charge in [0.15, 0.2) is 0 Å². The lowest BCUT2D eigenvalue weighted by Crippen LogP contribution is -2.34. The van der Waals surface area contributed by atoms with E-state index >= 15 is 0 Å². The minimum atomic E-state index is 0.718. The fraction of sp³-hybridized carbons (Fsp3) is 1.00. The third-order valence-electron chi connectivity index (χ3n) is 2.84. The van der Waals surface area contributed by atoms with E-state index in [1.54, 1.807) is 0 Å². The van der Waals surface area contributed by atoms with E-state index < -0.39 is 0 Å². The molecule has 0 aliphatic carbocycles. The third kappa shape index (κ3) is 3.88. The number of hydrogen-bond acceptors (Lipinski definition) is 3. The van der Waals surface area contributed by atoms with E-state index in [0.717, 1.165) is 24.9 Å². The molecule has 2 N–H and O–H groups in total. The summed E-state index contributed by atoms with van der Waals surface area (Å²) in [6, 6.07) is 0. The van der Waals surface area contributed by atoms with Crippen LogP contribution in [0.5, 0.6) is 0 Å². The highest BCUT2D eigenvalue weighted by atomic mass is 32.2. The first kappa shape index (κ1) is 11.3. The van der Waals surface area contributed by atoms with Crippen molar-refractivity contribution in [1.82, 2.24) is 4.90 Å². The van der Waals surface area contributed by atoms with E-state index in [0.29, 0.717) is 0 Å². The van der Waals surface area contributed by atoms with Gasteiger partial charge in [-0.25, -0.2) is 0 Å². The maximum atomic E-state index is 5.82. The molecule has 0 aromatic rings. The van der Waals surface area contributed by atoms with Crippen LogP contribution in [0.1, 0.15) is 12.8 Å². The van der Waals surface area contributed by atoms with Crippen LogP contribution in [0.25, 0.3) is 0 Å². The van der Waals surface area contributed by atoms with Crippen molar-refractivity contribution in [1.29, 1.82) is 0 Å². The monoisotopic (exact) mass is 202 g/mol. The predicted octanol–water partition coefficient (Wildman–Crippen LogP) is 1.27. The Kier molecular flexibility index (Phi) is 5.14. The molecule has 0 bridgehead atoms. The molecule has 78 valence electrons. The summed E-state index contributed by atoms with van der Waals surface area (Å²) in [4.78, 5) is 2.26. The zero-order valence-corrected chi connectivity index (χ0v) is 9.65. The van der Waals surface area contributed by atoms with E-state index in [1.807, 2.05) is 0 Å². The number of nitrogens with zero attached hydrogens (tertiary/aromatic N) is 1. The summed E-state index contributed by atoms with van der Waals surface area (Å²) in [6.07, 6.45) is 2.75. The molecule has 2 nitrogen and oxygen atoms in total. The van der Waals surface area contributed by atoms with Crippen molar-refractivity contribution in [2.75, 3.05) is 38.7 Å². The standard InChI is InChI=1S/C10H22N2S/c1-12(2)8-10(7-11)9-3-5-13-6-4-9/h9-10H,3-8,11H2,1-2H3. The molecule has 3 heteroatoms. The minimum absolute atomic E-state index is 0.718. The summed E-state index contributed by atoms with van der Waals surface area (Å²) in [5.41, 5.74) is 5.82. The van der Waals surface area contributed by atoms with Crippen LogP contribution >= 0.6 is 11.8 Å². The Hall–Kier alpha value is 0.270. The minimum Gasteiger partial charge on any atom is -0.330 e. The van der Waals surface area contributed by atoms with Gasteiger partial charge in [-0.1, -0.05) is 0 Å². The molecule has 0 saturated carbocycles. The van der Waals surface area contributed by atoms with Crippen LogP contribution in [-0.4, -0.2) is 43.6 Å². The van der Waals surface area contributed by atoms with Crippen molar-refractivity contribution >= 4 is 11.8 Å². The zero-order valence-electron chi connectivity index (χ0n) is 8.83. The van der Waals surface area contributed by atoms with Crippen LogP contribution in [0.15, 0.2) is 0 Å². The molecule has 1 aliphatic rings. The second-order valence-electron chi connectivity index (χ2n) is 4.21. The fourth-order valence-corrected chi connectivity index (χ4v) is 3.22. The first-order valence-corrected chi connectivity index (χ1v) is 6.32. The molecule has 1 atom stereocenters. The molecule has 1 heterocycles. The Labute approximate surface area is 86.2 Å². The van der Waals surface area contributed by atoms with Crippen LogP contribution in [0.2, 0.25) is 0 Å². The molecule has 1 aliphatic heterocycles. The molecule has 13 heavy (non-hydrogen) atoms. The topological polar surface area (TPSA) is 29.3 Å². The van der Waals surface area contributed by atoms with Gasteiger partial charge < -0.3 is 10.6 Å². The first-order chi connectivity index (χ1) is 6.24. The second kappa shape index (κ2) is 5.89. The SMILES string of the molecule is CN(C)CC(CN)C1CCSCC1. The molecular formula is C10H22N2S. The van der Waals surface area contributed by atoms with E-state index in [-0.39, 0.29) is 0 Å². The maximum Gasteiger partial charge on any atom is 0.00183 e. The largest absolute Gasteiger partial charge is 0.330 e. The summed E-state index contributed by atoms with van der Waals surface area (Å²) < 4.78 is 0. The van der Waals surface area contributed by atoms with Crippen molar-refractivity contribution in [3.63, 3.8) is 0 Å². The number of nitrogens with two attached hydrogens (primary N) is 1. The van der Waals surface area contributed by atoms with Crippen LogP contribution < -0.4 is 5.73 Å². The van der Waals surface area contributed by atoms with Gasteiger partial charge in [0.2, 0.25) is 0 Å². The van der Waals surface area contributed by atoms with Gasteiger partial charge in [0, 0.05) is 6.54 Å². The third-order valence-corrected chi connectivity index (χ3v) is 3.88. The summed E-state index contributed by atoms with van der Waals surface area (Å²) in [6.45, 7) is 2.01. The molecule has 0 radical (unpaired) electrons. The Morgan fingerprint density at radius 1 is 1.38 bits per heavy atom. The number of hydrogen-bond donors (Lipinski definition) is 1. The van der Waals surface area contributed by atoms with Crippen molar-refractivity contribution in [3.05, 3.63) is 0 Å². The van der Waals surface area contributed by atoms with Crippen molar-refractivity contribution in [2.24, 2.45) is 17.6 Å². The van der Waals surface area contributed by atoms with Gasteiger partial charge in [-0.2, -0.15) is 11.8 Å². The maximum absolute atomic E-state index is 5.82. The molecule has 1 saturated heterocycles. The van der Waals surface area contributed by atoms with Crippen LogP contribution in [0.3, 0.4) is 0 Å². The average molecular weight is 202 g/mol. The van der Waals surface area contributed by atoms with Gasteiger partial charge in [-0.05, 0) is 56.8 Å². The lowest BCUT2D eigenvalue weighted by molar-refractivity contribution is 0.240. The fourth-order valence-electron chi connectivity index (χ4n) is 2.07. The normalized spacial score (nSPS) is 22.2. The molecule has 0 amide bonds. The molecule has 1 fully saturated rings. The lowest BCUT2D eigenvalue weighted by atomic mass is 9.87. The molecule has 1 unspecified atom stereocenters. The molecule has 0 aromatic heterocycles. The van der Waals surface area contributed by atoms with Gasteiger partial charge in [0.1, 0.15) is 0 Å². The van der Waals surface area contributed by atoms with Gasteiger partial charge in [0.25, 0.3) is 0 Å². The summed E-state index contributed by atoms with van der Waals surface area (Å²) >= 11 is 2.09. The molecule has 1 rings (SSSR count). The van der Waals surface area contributed by atoms with Crippen LogP contribution in [0, 0.1) is 11.8 Å². The average Bonchev–Trinajstić information content (AvgIpc) is 2.15. The van der Waals surface area contributed by atoms with E-state index in [4.69, 9.17) is 5.73 Å². The van der Waals surface area contributed by atoms with Crippen LogP contribution in [-0.2, 0) is 0 Å². The Balaban J connectivity index is 2.34. The summed E-state index contributed by atoms with van der Waals surface area (Å²) in [7, 11) is 4.28. The van der Waals surface area contributed by atoms with Crippen LogP contribution in [0.4, 0.5) is 0 Å². The quantitative estimate of drug-likeness (QED) is 0.744. The highest BCUT2D eigenvalue weighted by Gasteiger charge is 2.22. The van der Waals surface area contributed by atoms with E-state index in [2.05, 4.69) is 30.8 Å². The summed E-state index contributed by atoms with van der Waals surface area (Å²) in [5.74, 6) is 4.29. The van der Waals surface area contributed by atoms with Gasteiger partial charge in [0.05, 0.1) is 0 Å². The first-order valence-electron chi connectivity index (χ1n) is 5.16. The van der Waals surface area contributed by atoms with Crippen molar-refractivity contribution < 1.29 is 0 Å². The lowest BCUT2D eigenvalue weighted by Gasteiger charge is -2.31. The van der Waals surface area contributed by atoms with Gasteiger partial charge in [-0.3, -0.25) is 0 Å². The second-order valence-corrected chi connectivity index (χ2v) is 5.43. The summed E-state index contributed by atoms with van der Waals surface area (Å²) in [5, 5.41) is 0. The smallest absolute Gasteiger partial charge is 0.00183 e. The molecule has 0 spiro atoms. The number of thioether (sulfide) groups is 1. The van der Waals surface area contributed by atoms with E-state index in [1.165, 1.54) is 24.3 Å². The molecule has 0 aromatic carbocycles. The highest BCUT2D eigenvalue weighted by Crippen LogP contribution is 2.28. The molecular weight excluding hydrogens is 180 g/mol. The Morgan fingerprint density at radius 3 is 2.46 bits per heavy atom. The van der Waals surface area contributed by atoms with Gasteiger partial charge >= 0.3 is 0 Å². The van der Waals surface area contributed by atoms with Gasteiger partial charge in [-0.15, -0.1) is 0 Å².